The summed E-state index contributed by atoms with van der Waals surface area (Å²) in [7, 11) is 0. The van der Waals surface area contributed by atoms with E-state index in [1.807, 2.05) is 0 Å². The number of carboxylic acids is 1. The quantitative estimate of drug-likeness (QED) is 0.635. The van der Waals surface area contributed by atoms with Crippen LogP contribution in [0.1, 0.15) is 16.1 Å². The number of hydrogen-bond acceptors (Lipinski definition) is 5. The van der Waals surface area contributed by atoms with E-state index in [-0.39, 0.29) is 11.5 Å². The van der Waals surface area contributed by atoms with Crippen molar-refractivity contribution < 1.29 is 9.90 Å². The standard InChI is InChI=1S/C6H5N5O2/c1-3-2-7-6-8-9-10-11(6)4(3)5(12)13/h2H,1H3,(H,12,13). The van der Waals surface area contributed by atoms with Crippen molar-refractivity contribution in [2.45, 2.75) is 6.92 Å². The average Bonchev–Trinajstić information content (AvgIpc) is 2.50. The van der Waals surface area contributed by atoms with Crippen LogP contribution in [0.5, 0.6) is 0 Å². The molecule has 0 aliphatic carbocycles. The second-order valence-electron chi connectivity index (χ2n) is 2.49. The average molecular weight is 179 g/mol. The first-order valence-electron chi connectivity index (χ1n) is 3.47. The lowest BCUT2D eigenvalue weighted by Gasteiger charge is -1.99. The van der Waals surface area contributed by atoms with E-state index in [9.17, 15) is 4.79 Å². The number of aryl methyl sites for hydroxylation is 1. The van der Waals surface area contributed by atoms with Gasteiger partial charge in [-0.1, -0.05) is 5.10 Å². The molecule has 0 aromatic carbocycles. The molecule has 2 aromatic heterocycles. The van der Waals surface area contributed by atoms with Gasteiger partial charge in [0.2, 0.25) is 0 Å². The zero-order valence-electron chi connectivity index (χ0n) is 6.67. The van der Waals surface area contributed by atoms with Crippen LogP contribution in [0.25, 0.3) is 5.78 Å². The van der Waals surface area contributed by atoms with Crippen LogP contribution < -0.4 is 0 Å². The first-order valence-corrected chi connectivity index (χ1v) is 3.47. The number of tetrazole rings is 1. The molecule has 7 heteroatoms. The minimum Gasteiger partial charge on any atom is -0.476 e. The van der Waals surface area contributed by atoms with Gasteiger partial charge in [0.05, 0.1) is 0 Å². The third-order valence-corrected chi connectivity index (χ3v) is 1.61. The predicted octanol–water partition coefficient (Wildman–Crippen LogP) is -0.474. The summed E-state index contributed by atoms with van der Waals surface area (Å²) in [5.74, 6) is -0.889. The normalized spacial score (nSPS) is 10.5. The number of aromatic nitrogens is 5. The maximum atomic E-state index is 10.8. The number of carboxylic acid groups (broad SMARTS) is 1. The summed E-state index contributed by atoms with van der Waals surface area (Å²) in [6.07, 6.45) is 1.43. The van der Waals surface area contributed by atoms with Crippen LogP contribution in [0.3, 0.4) is 0 Å². The van der Waals surface area contributed by atoms with E-state index in [1.54, 1.807) is 6.92 Å². The molecule has 0 fully saturated rings. The van der Waals surface area contributed by atoms with E-state index < -0.39 is 5.97 Å². The van der Waals surface area contributed by atoms with Gasteiger partial charge in [-0.3, -0.25) is 0 Å². The summed E-state index contributed by atoms with van der Waals surface area (Å²) in [5.41, 5.74) is 0.558. The van der Waals surface area contributed by atoms with Gasteiger partial charge in [-0.05, 0) is 17.4 Å². The van der Waals surface area contributed by atoms with Crippen molar-refractivity contribution >= 4 is 11.7 Å². The number of aromatic carboxylic acids is 1. The van der Waals surface area contributed by atoms with Gasteiger partial charge in [-0.25, -0.2) is 9.78 Å². The smallest absolute Gasteiger partial charge is 0.355 e. The Morgan fingerprint density at radius 2 is 2.38 bits per heavy atom. The number of carbonyl (C=O) groups is 1. The molecule has 2 heterocycles. The highest BCUT2D eigenvalue weighted by molar-refractivity contribution is 5.87. The Kier molecular flexibility index (Phi) is 1.44. The first-order chi connectivity index (χ1) is 6.20. The summed E-state index contributed by atoms with van der Waals surface area (Å²) in [5, 5.41) is 19.2. The molecule has 7 nitrogen and oxygen atoms in total. The molecular formula is C6H5N5O2. The Labute approximate surface area is 72.0 Å². The van der Waals surface area contributed by atoms with E-state index in [1.165, 1.54) is 6.20 Å². The van der Waals surface area contributed by atoms with E-state index in [0.717, 1.165) is 4.52 Å². The van der Waals surface area contributed by atoms with Crippen molar-refractivity contribution in [2.24, 2.45) is 0 Å². The van der Waals surface area contributed by atoms with Gasteiger partial charge in [0, 0.05) is 11.8 Å². The monoisotopic (exact) mass is 179 g/mol. The molecule has 66 valence electrons. The summed E-state index contributed by atoms with van der Waals surface area (Å²) < 4.78 is 1.09. The molecule has 0 saturated heterocycles. The SMILES string of the molecule is Cc1cnc2nnnn2c1C(=O)O. The molecule has 0 bridgehead atoms. The fourth-order valence-electron chi connectivity index (χ4n) is 1.05. The summed E-state index contributed by atoms with van der Waals surface area (Å²) in [6.45, 7) is 1.64. The highest BCUT2D eigenvalue weighted by Crippen LogP contribution is 2.05. The van der Waals surface area contributed by atoms with Crippen molar-refractivity contribution in [1.29, 1.82) is 0 Å². The fraction of sp³-hybridized carbons (Fsp3) is 0.167. The first kappa shape index (κ1) is 7.59. The Hall–Kier alpha value is -2.05. The van der Waals surface area contributed by atoms with Crippen LogP contribution in [-0.2, 0) is 0 Å². The topological polar surface area (TPSA) is 93.3 Å². The molecule has 0 radical (unpaired) electrons. The number of nitrogens with zero attached hydrogens (tertiary/aromatic N) is 5. The molecule has 0 saturated carbocycles. The van der Waals surface area contributed by atoms with E-state index >= 15 is 0 Å². The minimum absolute atomic E-state index is 0.0370. The molecule has 0 spiro atoms. The van der Waals surface area contributed by atoms with Crippen LogP contribution >= 0.6 is 0 Å². The number of fused-ring (bicyclic) bond motifs is 1. The van der Waals surface area contributed by atoms with Crippen LogP contribution in [0, 0.1) is 6.92 Å². The molecule has 13 heavy (non-hydrogen) atoms. The lowest BCUT2D eigenvalue weighted by atomic mass is 10.2. The summed E-state index contributed by atoms with van der Waals surface area (Å²) >= 11 is 0. The maximum Gasteiger partial charge on any atom is 0.355 e. The van der Waals surface area contributed by atoms with Crippen molar-refractivity contribution in [1.82, 2.24) is 25.0 Å². The van der Waals surface area contributed by atoms with Crippen LogP contribution in [-0.4, -0.2) is 36.1 Å². The number of hydrogen-bond donors (Lipinski definition) is 1. The molecule has 0 amide bonds. The lowest BCUT2D eigenvalue weighted by molar-refractivity contribution is 0.0686. The highest BCUT2D eigenvalue weighted by Gasteiger charge is 2.14. The van der Waals surface area contributed by atoms with Crippen molar-refractivity contribution in [2.75, 3.05) is 0 Å². The van der Waals surface area contributed by atoms with Crippen LogP contribution in [0.2, 0.25) is 0 Å². The Bertz CT molecular complexity index is 477. The molecule has 0 aliphatic rings. The predicted molar refractivity (Wildman–Crippen MR) is 40.3 cm³/mol. The lowest BCUT2D eigenvalue weighted by Crippen LogP contribution is -2.10. The second kappa shape index (κ2) is 2.47. The second-order valence-corrected chi connectivity index (χ2v) is 2.49. The van der Waals surface area contributed by atoms with Crippen LogP contribution in [0.15, 0.2) is 6.20 Å². The molecular weight excluding hydrogens is 174 g/mol. The minimum atomic E-state index is -1.07. The van der Waals surface area contributed by atoms with Gasteiger partial charge in [-0.15, -0.1) is 0 Å². The molecule has 0 unspecified atom stereocenters. The molecule has 2 rings (SSSR count). The maximum absolute atomic E-state index is 10.8. The zero-order valence-corrected chi connectivity index (χ0v) is 6.67. The molecule has 2 aromatic rings. The van der Waals surface area contributed by atoms with E-state index in [0.29, 0.717) is 5.56 Å². The van der Waals surface area contributed by atoms with Crippen molar-refractivity contribution in [3.8, 4) is 0 Å². The molecule has 0 aliphatic heterocycles. The molecule has 1 N–H and O–H groups in total. The van der Waals surface area contributed by atoms with E-state index in [4.69, 9.17) is 5.11 Å². The molecule has 0 atom stereocenters. The summed E-state index contributed by atoms with van der Waals surface area (Å²) in [6, 6.07) is 0. The fourth-order valence-corrected chi connectivity index (χ4v) is 1.05. The largest absolute Gasteiger partial charge is 0.476 e. The Balaban J connectivity index is 2.88. The van der Waals surface area contributed by atoms with E-state index in [2.05, 4.69) is 20.5 Å². The summed E-state index contributed by atoms with van der Waals surface area (Å²) in [4.78, 5) is 14.6. The van der Waals surface area contributed by atoms with Gasteiger partial charge in [0.25, 0.3) is 5.78 Å². The van der Waals surface area contributed by atoms with Gasteiger partial charge in [0.1, 0.15) is 0 Å². The van der Waals surface area contributed by atoms with Gasteiger partial charge in [0.15, 0.2) is 5.69 Å². The number of rotatable bonds is 1. The zero-order chi connectivity index (χ0) is 9.42. The van der Waals surface area contributed by atoms with Gasteiger partial charge >= 0.3 is 5.97 Å². The Morgan fingerprint density at radius 3 is 3.08 bits per heavy atom. The van der Waals surface area contributed by atoms with Gasteiger partial charge < -0.3 is 5.11 Å². The van der Waals surface area contributed by atoms with Crippen molar-refractivity contribution in [3.63, 3.8) is 0 Å². The van der Waals surface area contributed by atoms with Crippen molar-refractivity contribution in [3.05, 3.63) is 17.5 Å². The third kappa shape index (κ3) is 1.01. The van der Waals surface area contributed by atoms with Crippen LogP contribution in [0.4, 0.5) is 0 Å². The van der Waals surface area contributed by atoms with Gasteiger partial charge in [-0.2, -0.15) is 4.52 Å². The third-order valence-electron chi connectivity index (χ3n) is 1.61. The Morgan fingerprint density at radius 1 is 1.62 bits per heavy atom. The highest BCUT2D eigenvalue weighted by atomic mass is 16.4.